The number of aryl methyl sites for hydroxylation is 2. The van der Waals surface area contributed by atoms with Crippen molar-refractivity contribution < 1.29 is 28.2 Å². The monoisotopic (exact) mass is 500 g/mol. The Morgan fingerprint density at radius 3 is 2.46 bits per heavy atom. The molecular weight excluding hydrogens is 472 g/mol. The van der Waals surface area contributed by atoms with Gasteiger partial charge in [0.15, 0.2) is 11.5 Å². The molecule has 5 rings (SSSR count). The Kier molecular flexibility index (Phi) is 6.86. The second-order valence-corrected chi connectivity index (χ2v) is 8.90. The quantitative estimate of drug-likeness (QED) is 0.294. The lowest BCUT2D eigenvalue weighted by Gasteiger charge is -2.19. The second kappa shape index (κ2) is 10.4. The fraction of sp³-hybridized carbons (Fsp3) is 0.267. The van der Waals surface area contributed by atoms with Crippen LogP contribution in [0.1, 0.15) is 40.6 Å². The zero-order valence-corrected chi connectivity index (χ0v) is 21.1. The molecule has 0 fully saturated rings. The Labute approximate surface area is 214 Å². The highest BCUT2D eigenvalue weighted by atomic mass is 16.6. The van der Waals surface area contributed by atoms with E-state index in [-0.39, 0.29) is 11.4 Å². The van der Waals surface area contributed by atoms with Crippen molar-refractivity contribution in [2.24, 2.45) is 0 Å². The minimum atomic E-state index is -0.381. The fourth-order valence-corrected chi connectivity index (χ4v) is 4.53. The lowest BCUT2D eigenvalue weighted by Crippen LogP contribution is -2.15. The van der Waals surface area contributed by atoms with E-state index in [1.165, 1.54) is 7.11 Å². The van der Waals surface area contributed by atoms with Gasteiger partial charge in [0, 0.05) is 6.07 Å². The van der Waals surface area contributed by atoms with Crippen molar-refractivity contribution in [3.05, 3.63) is 87.3 Å². The zero-order valence-electron chi connectivity index (χ0n) is 21.1. The van der Waals surface area contributed by atoms with Crippen molar-refractivity contribution in [1.82, 2.24) is 0 Å². The number of carbonyl (C=O) groups is 1. The maximum absolute atomic E-state index is 13.7. The number of ether oxygens (including phenoxy) is 4. The molecule has 1 aliphatic heterocycles. The fourth-order valence-electron chi connectivity index (χ4n) is 4.53. The summed E-state index contributed by atoms with van der Waals surface area (Å²) in [6.07, 6.45) is 1.64. The molecule has 7 heteroatoms. The van der Waals surface area contributed by atoms with Gasteiger partial charge in [-0.2, -0.15) is 0 Å². The highest BCUT2D eigenvalue weighted by Gasteiger charge is 2.19. The summed E-state index contributed by atoms with van der Waals surface area (Å²) in [4.78, 5) is 25.3. The van der Waals surface area contributed by atoms with Gasteiger partial charge in [-0.3, -0.25) is 4.79 Å². The first kappa shape index (κ1) is 24.4. The molecule has 3 aromatic carbocycles. The molecule has 0 radical (unpaired) electrons. The van der Waals surface area contributed by atoms with Crippen LogP contribution in [0.15, 0.2) is 63.8 Å². The Morgan fingerprint density at radius 1 is 0.973 bits per heavy atom. The summed E-state index contributed by atoms with van der Waals surface area (Å²) in [5.41, 5.74) is 3.93. The normalized spacial score (nSPS) is 12.4. The summed E-state index contributed by atoms with van der Waals surface area (Å²) in [6, 6.07) is 16.3. The summed E-state index contributed by atoms with van der Waals surface area (Å²) in [5, 5.41) is 0.508. The Balaban J connectivity index is 1.49. The molecule has 0 N–H and O–H groups in total. The molecule has 0 saturated carbocycles. The first-order valence-corrected chi connectivity index (χ1v) is 12.3. The van der Waals surface area contributed by atoms with Gasteiger partial charge in [-0.25, -0.2) is 4.79 Å². The van der Waals surface area contributed by atoms with E-state index in [9.17, 15) is 9.59 Å². The predicted molar refractivity (Wildman–Crippen MR) is 140 cm³/mol. The Bertz CT molecular complexity index is 1520. The van der Waals surface area contributed by atoms with E-state index in [4.69, 9.17) is 23.4 Å². The summed E-state index contributed by atoms with van der Waals surface area (Å²) >= 11 is 0. The summed E-state index contributed by atoms with van der Waals surface area (Å²) in [5.74, 6) is 2.10. The first-order chi connectivity index (χ1) is 18.0. The molecule has 1 aliphatic rings. The van der Waals surface area contributed by atoms with Gasteiger partial charge >= 0.3 is 5.97 Å². The van der Waals surface area contributed by atoms with Crippen molar-refractivity contribution in [3.8, 4) is 28.4 Å². The average Bonchev–Trinajstić information content (AvgIpc) is 2.92. The molecule has 1 aromatic heterocycles. The van der Waals surface area contributed by atoms with E-state index < -0.39 is 0 Å². The predicted octanol–water partition coefficient (Wildman–Crippen LogP) is 5.86. The molecule has 37 heavy (non-hydrogen) atoms. The van der Waals surface area contributed by atoms with E-state index in [0.717, 1.165) is 29.5 Å². The van der Waals surface area contributed by atoms with Gasteiger partial charge in [0.1, 0.15) is 36.9 Å². The van der Waals surface area contributed by atoms with Crippen LogP contribution >= 0.6 is 0 Å². The number of fused-ring (bicyclic) bond motifs is 2. The number of methoxy groups -OCH3 is 1. The van der Waals surface area contributed by atoms with Crippen molar-refractivity contribution in [2.75, 3.05) is 20.3 Å². The topological polar surface area (TPSA) is 84.2 Å². The largest absolute Gasteiger partial charge is 0.488 e. The third-order valence-corrected chi connectivity index (χ3v) is 6.37. The number of rotatable bonds is 7. The summed E-state index contributed by atoms with van der Waals surface area (Å²) < 4.78 is 28.4. The summed E-state index contributed by atoms with van der Waals surface area (Å²) in [7, 11) is 1.35. The standard InChI is InChI=1S/C30H28O7/c1-4-5-21-14-23-26(16-25(21)36-17-19-6-8-20(9-7-19)30(32)33-3)37-18(2)28(29(23)31)22-10-11-24-27(15-22)35-13-12-34-24/h6-11,14-16H,4-5,12-13,17H2,1-3H3. The van der Waals surface area contributed by atoms with Crippen LogP contribution in [0.3, 0.4) is 0 Å². The van der Waals surface area contributed by atoms with Crippen LogP contribution in [0.4, 0.5) is 0 Å². The molecule has 190 valence electrons. The lowest BCUT2D eigenvalue weighted by atomic mass is 9.99. The number of hydrogen-bond donors (Lipinski definition) is 0. The van der Waals surface area contributed by atoms with Gasteiger partial charge < -0.3 is 23.4 Å². The average molecular weight is 501 g/mol. The van der Waals surface area contributed by atoms with Crippen LogP contribution < -0.4 is 19.6 Å². The van der Waals surface area contributed by atoms with Gasteiger partial charge in [-0.1, -0.05) is 31.5 Å². The van der Waals surface area contributed by atoms with Crippen LogP contribution in [-0.2, 0) is 17.8 Å². The van der Waals surface area contributed by atoms with Gasteiger partial charge in [-0.15, -0.1) is 0 Å². The number of hydrogen-bond acceptors (Lipinski definition) is 7. The van der Waals surface area contributed by atoms with E-state index in [0.29, 0.717) is 64.9 Å². The number of benzene rings is 3. The summed E-state index contributed by atoms with van der Waals surface area (Å²) in [6.45, 7) is 5.16. The van der Waals surface area contributed by atoms with Crippen LogP contribution in [0.5, 0.6) is 17.2 Å². The van der Waals surface area contributed by atoms with Crippen LogP contribution in [-0.4, -0.2) is 26.3 Å². The molecule has 2 heterocycles. The van der Waals surface area contributed by atoms with Gasteiger partial charge in [-0.05, 0) is 60.4 Å². The van der Waals surface area contributed by atoms with E-state index >= 15 is 0 Å². The maximum atomic E-state index is 13.7. The van der Waals surface area contributed by atoms with Crippen LogP contribution in [0.2, 0.25) is 0 Å². The van der Waals surface area contributed by atoms with E-state index in [1.807, 2.05) is 36.4 Å². The SMILES string of the molecule is CCCc1cc2c(=O)c(-c3ccc4c(c3)OCCO4)c(C)oc2cc1OCc1ccc(C(=O)OC)cc1. The number of carbonyl (C=O) groups excluding carboxylic acids is 1. The minimum absolute atomic E-state index is 0.0993. The molecular formula is C30H28O7. The zero-order chi connectivity index (χ0) is 25.9. The van der Waals surface area contributed by atoms with Gasteiger partial charge in [0.25, 0.3) is 0 Å². The minimum Gasteiger partial charge on any atom is -0.488 e. The smallest absolute Gasteiger partial charge is 0.337 e. The molecule has 7 nitrogen and oxygen atoms in total. The van der Waals surface area contributed by atoms with E-state index in [2.05, 4.69) is 6.92 Å². The van der Waals surface area contributed by atoms with Crippen molar-refractivity contribution in [3.63, 3.8) is 0 Å². The molecule has 0 bridgehead atoms. The molecule has 0 saturated heterocycles. The third-order valence-electron chi connectivity index (χ3n) is 6.37. The van der Waals surface area contributed by atoms with Crippen LogP contribution in [0.25, 0.3) is 22.1 Å². The molecule has 0 spiro atoms. The van der Waals surface area contributed by atoms with Crippen molar-refractivity contribution in [1.29, 1.82) is 0 Å². The number of esters is 1. The highest BCUT2D eigenvalue weighted by molar-refractivity contribution is 5.89. The first-order valence-electron chi connectivity index (χ1n) is 12.3. The Hall–Kier alpha value is -4.26. The van der Waals surface area contributed by atoms with Gasteiger partial charge in [0.05, 0.1) is 23.6 Å². The van der Waals surface area contributed by atoms with Crippen LogP contribution in [0, 0.1) is 6.92 Å². The third kappa shape index (κ3) is 4.89. The Morgan fingerprint density at radius 2 is 1.73 bits per heavy atom. The van der Waals surface area contributed by atoms with Gasteiger partial charge in [0.2, 0.25) is 5.43 Å². The molecule has 0 atom stereocenters. The molecule has 0 amide bonds. The molecule has 0 aliphatic carbocycles. The maximum Gasteiger partial charge on any atom is 0.337 e. The molecule has 0 unspecified atom stereocenters. The highest BCUT2D eigenvalue weighted by Crippen LogP contribution is 2.36. The van der Waals surface area contributed by atoms with Crippen molar-refractivity contribution >= 4 is 16.9 Å². The second-order valence-electron chi connectivity index (χ2n) is 8.90. The van der Waals surface area contributed by atoms with Crippen molar-refractivity contribution in [2.45, 2.75) is 33.3 Å². The molecule has 4 aromatic rings. The lowest BCUT2D eigenvalue weighted by molar-refractivity contribution is 0.0600. The van der Waals surface area contributed by atoms with E-state index in [1.54, 1.807) is 25.1 Å².